The van der Waals surface area contributed by atoms with Crippen molar-refractivity contribution in [2.24, 2.45) is 5.73 Å². The molecular weight excluding hydrogens is 649 g/mol. The molecule has 3 unspecified atom stereocenters. The topological polar surface area (TPSA) is 143 Å². The predicted molar refractivity (Wildman–Crippen MR) is 191 cm³/mol. The van der Waals surface area contributed by atoms with Gasteiger partial charge in [0.1, 0.15) is 23.4 Å². The van der Waals surface area contributed by atoms with Gasteiger partial charge < -0.3 is 30.7 Å². The number of carbonyl (C=O) groups is 2. The first-order valence-electron chi connectivity index (χ1n) is 17.1. The number of hydrogen-bond donors (Lipinski definition) is 6. The second-order valence-electron chi connectivity index (χ2n) is 13.0. The Balaban J connectivity index is 0.000000432. The smallest absolute Gasteiger partial charge is 0.416 e. The first-order valence-corrected chi connectivity index (χ1v) is 17.1. The Hall–Kier alpha value is -4.26. The molecule has 0 spiro atoms. The number of para-hydroxylation sites is 1. The highest BCUT2D eigenvalue weighted by Crippen LogP contribution is 2.41. The average Bonchev–Trinajstić information content (AvgIpc) is 3.33. The first-order chi connectivity index (χ1) is 23.4. The van der Waals surface area contributed by atoms with Crippen LogP contribution in [-0.2, 0) is 10.2 Å². The molecule has 4 rings (SSSR count). The van der Waals surface area contributed by atoms with Crippen LogP contribution in [0.3, 0.4) is 0 Å². The number of halogens is 3. The van der Waals surface area contributed by atoms with Gasteiger partial charge in [0.25, 0.3) is 5.91 Å². The lowest BCUT2D eigenvalue weighted by molar-refractivity contribution is -0.525. The van der Waals surface area contributed by atoms with E-state index in [2.05, 4.69) is 54.9 Å². The first kappa shape index (κ1) is 41.9. The molecule has 0 bridgehead atoms. The molecular formula is C37H56F3N6O4+. The lowest BCUT2D eigenvalue weighted by atomic mass is 9.79. The Morgan fingerprint density at radius 3 is 2.48 bits per heavy atom. The molecule has 50 heavy (non-hydrogen) atoms. The summed E-state index contributed by atoms with van der Waals surface area (Å²) in [6.45, 7) is 22.8. The lowest BCUT2D eigenvalue weighted by Crippen LogP contribution is -2.92. The van der Waals surface area contributed by atoms with Crippen LogP contribution in [0.4, 0.5) is 13.2 Å². The van der Waals surface area contributed by atoms with Gasteiger partial charge >= 0.3 is 6.18 Å². The number of allylic oxidation sites excluding steroid dienone is 3. The van der Waals surface area contributed by atoms with Gasteiger partial charge in [0.05, 0.1) is 36.2 Å². The van der Waals surface area contributed by atoms with Gasteiger partial charge in [-0.2, -0.15) is 13.2 Å². The molecule has 2 saturated heterocycles. The number of fused-ring (bicyclic) bond motifs is 2. The van der Waals surface area contributed by atoms with Gasteiger partial charge in [-0.25, -0.2) is 0 Å². The number of amides is 2. The third kappa shape index (κ3) is 9.49. The number of ether oxygens (including phenoxy) is 1. The molecule has 1 aromatic carbocycles. The summed E-state index contributed by atoms with van der Waals surface area (Å²) in [5.41, 5.74) is 6.17. The third-order valence-electron chi connectivity index (χ3n) is 9.26. The Morgan fingerprint density at radius 1 is 1.24 bits per heavy atom. The molecule has 3 aliphatic heterocycles. The molecule has 3 aliphatic rings. The number of nitrogens with one attached hydrogen (secondary N) is 4. The van der Waals surface area contributed by atoms with Crippen LogP contribution in [0, 0.1) is 0 Å². The largest absolute Gasteiger partial charge is 0.492 e. The van der Waals surface area contributed by atoms with Crippen LogP contribution < -0.4 is 31.4 Å². The van der Waals surface area contributed by atoms with E-state index in [9.17, 15) is 27.9 Å². The Kier molecular flexibility index (Phi) is 14.8. The maximum Gasteiger partial charge on any atom is 0.416 e. The van der Waals surface area contributed by atoms with E-state index in [1.165, 1.54) is 14.0 Å². The van der Waals surface area contributed by atoms with Crippen molar-refractivity contribution in [1.29, 1.82) is 0 Å². The molecule has 0 saturated carbocycles. The van der Waals surface area contributed by atoms with Crippen molar-refractivity contribution in [2.45, 2.75) is 103 Å². The van der Waals surface area contributed by atoms with Crippen LogP contribution in [-0.4, -0.2) is 84.3 Å². The van der Waals surface area contributed by atoms with E-state index in [1.807, 2.05) is 37.8 Å². The Morgan fingerprint density at radius 2 is 1.90 bits per heavy atom. The number of alkyl halides is 3. The lowest BCUT2D eigenvalue weighted by Gasteiger charge is -2.46. The molecule has 13 heteroatoms. The Labute approximate surface area is 294 Å². The van der Waals surface area contributed by atoms with Gasteiger partial charge in [0.15, 0.2) is 0 Å². The summed E-state index contributed by atoms with van der Waals surface area (Å²) in [6, 6.07) is 5.11. The van der Waals surface area contributed by atoms with Crippen LogP contribution >= 0.6 is 0 Å². The molecule has 10 nitrogen and oxygen atoms in total. The molecule has 0 aliphatic carbocycles. The number of benzene rings is 1. The van der Waals surface area contributed by atoms with E-state index in [0.717, 1.165) is 48.9 Å². The molecule has 2 fully saturated rings. The predicted octanol–water partition coefficient (Wildman–Crippen LogP) is 3.34. The number of likely N-dealkylation sites (N-methyl/N-ethyl adjacent to an activating group) is 1. The number of rotatable bonds is 8. The van der Waals surface area contributed by atoms with E-state index >= 15 is 0 Å². The van der Waals surface area contributed by atoms with E-state index in [4.69, 9.17) is 10.5 Å². The monoisotopic (exact) mass is 705 g/mol. The van der Waals surface area contributed by atoms with E-state index < -0.39 is 35.3 Å². The second kappa shape index (κ2) is 17.6. The highest BCUT2D eigenvalue weighted by atomic mass is 19.4. The average molecular weight is 706 g/mol. The summed E-state index contributed by atoms with van der Waals surface area (Å²) in [6.07, 6.45) is 0.152. The van der Waals surface area contributed by atoms with Gasteiger partial charge in [-0.1, -0.05) is 66.0 Å². The highest BCUT2D eigenvalue weighted by molar-refractivity contribution is 5.98. The van der Waals surface area contributed by atoms with Gasteiger partial charge in [-0.3, -0.25) is 20.3 Å². The normalized spacial score (nSPS) is 24.3. The number of amidine groups is 1. The Bertz CT molecular complexity index is 1490. The maximum atomic E-state index is 13.4. The zero-order valence-corrected chi connectivity index (χ0v) is 30.7. The van der Waals surface area contributed by atoms with Crippen molar-refractivity contribution in [3.05, 3.63) is 77.7 Å². The van der Waals surface area contributed by atoms with Crippen molar-refractivity contribution in [2.75, 3.05) is 26.7 Å². The van der Waals surface area contributed by atoms with Crippen LogP contribution in [0.25, 0.3) is 0 Å². The maximum absolute atomic E-state index is 13.4. The van der Waals surface area contributed by atoms with Crippen LogP contribution in [0.15, 0.2) is 66.6 Å². The minimum atomic E-state index is -4.41. The third-order valence-corrected chi connectivity index (χ3v) is 9.26. The van der Waals surface area contributed by atoms with E-state index in [-0.39, 0.29) is 22.9 Å². The standard InChI is InChI=1S/C25H37N5O3.C10H12F3NO.C2H6/c1-6-8-20(26)29-19-13-27-15(2)30-14-18(22(31)25(19,30)5)28-23(32)16-9-7-10-17-21(16)33-12-11-24(17,3)4;1-4-8(10(11,12)13)6-5-7(2)9(15)14-3;1-2/h7,9-10,18-19,22,27,31H,2,6,8,11-14H2,1,3-5H3,(H2,26,29)(H,28,32);4-6H,2H2,1,3H3,(H,14,15);1-2H3/p+1/b;6-5-,8-4+;/t18?,19-,22?,25?;;/m0../s1. The van der Waals surface area contributed by atoms with E-state index in [0.29, 0.717) is 36.8 Å². The van der Waals surface area contributed by atoms with Crippen molar-refractivity contribution < 1.29 is 37.6 Å². The number of carbonyl (C=O) groups excluding carboxylic acids is 2. The summed E-state index contributed by atoms with van der Waals surface area (Å²) >= 11 is 0. The van der Waals surface area contributed by atoms with Crippen molar-refractivity contribution in [3.8, 4) is 5.75 Å². The number of nitrogens with zero attached hydrogens (tertiary/aromatic N) is 1. The number of hydrogen-bond acceptors (Lipinski definition) is 6. The zero-order chi connectivity index (χ0) is 38.0. The SMILES string of the molecule is C=C(/C=C\C(=C/C)C(F)(F)F)C(=O)NC.C=C1NC[C@H]([NH+]=C(N)CCC)C2(C)C(O)C(NC(=O)c3cccc4c3OCCC4(C)C)CN12.CC. The molecule has 3 heterocycles. The molecule has 0 radical (unpaired) electrons. The minimum Gasteiger partial charge on any atom is -0.492 e. The molecule has 4 atom stereocenters. The zero-order valence-electron chi connectivity index (χ0n) is 30.7. The van der Waals surface area contributed by atoms with Gasteiger partial charge in [0, 0.05) is 31.1 Å². The van der Waals surface area contributed by atoms with Crippen LogP contribution in [0.2, 0.25) is 0 Å². The summed E-state index contributed by atoms with van der Waals surface area (Å²) in [5, 5.41) is 20.1. The van der Waals surface area contributed by atoms with Crippen LogP contribution in [0.5, 0.6) is 5.75 Å². The molecule has 278 valence electrons. The minimum absolute atomic E-state index is 0.0268. The molecule has 0 aromatic heterocycles. The number of nitrogens with two attached hydrogens (primary N) is 1. The van der Waals surface area contributed by atoms with Crippen molar-refractivity contribution in [1.82, 2.24) is 20.9 Å². The van der Waals surface area contributed by atoms with Crippen molar-refractivity contribution >= 4 is 17.6 Å². The fourth-order valence-electron chi connectivity index (χ4n) is 6.24. The fraction of sp³-hybridized carbons (Fsp3) is 0.541. The van der Waals surface area contributed by atoms with Crippen LogP contribution in [0.1, 0.15) is 83.7 Å². The van der Waals surface area contributed by atoms with Gasteiger partial charge in [-0.15, -0.1) is 0 Å². The number of aliphatic hydroxyl groups is 1. The van der Waals surface area contributed by atoms with E-state index in [1.54, 1.807) is 6.07 Å². The highest BCUT2D eigenvalue weighted by Gasteiger charge is 2.58. The number of aliphatic hydroxyl groups excluding tert-OH is 1. The van der Waals surface area contributed by atoms with Gasteiger partial charge in [-0.05, 0) is 50.3 Å². The fourth-order valence-corrected chi connectivity index (χ4v) is 6.24. The molecule has 2 amide bonds. The summed E-state index contributed by atoms with van der Waals surface area (Å²) in [5.74, 6) is 1.34. The molecule has 1 aromatic rings. The molecule has 7 N–H and O–H groups in total. The quantitative estimate of drug-likeness (QED) is 0.106. The second-order valence-corrected chi connectivity index (χ2v) is 13.0. The van der Waals surface area contributed by atoms with Crippen molar-refractivity contribution in [3.63, 3.8) is 0 Å². The summed E-state index contributed by atoms with van der Waals surface area (Å²) in [7, 11) is 1.38. The summed E-state index contributed by atoms with van der Waals surface area (Å²) in [4.78, 5) is 29.7. The van der Waals surface area contributed by atoms with Gasteiger partial charge in [0.2, 0.25) is 11.7 Å². The summed E-state index contributed by atoms with van der Waals surface area (Å²) < 4.78 is 42.5.